The second-order valence-corrected chi connectivity index (χ2v) is 9.60. The van der Waals surface area contributed by atoms with E-state index in [2.05, 4.69) is 26.4 Å². The zero-order valence-electron chi connectivity index (χ0n) is 15.6. The Bertz CT molecular complexity index is 979. The van der Waals surface area contributed by atoms with E-state index in [0.29, 0.717) is 11.4 Å². The lowest BCUT2D eigenvalue weighted by Gasteiger charge is -2.27. The number of rotatable bonds is 7. The van der Waals surface area contributed by atoms with Gasteiger partial charge in [0.2, 0.25) is 10.0 Å². The van der Waals surface area contributed by atoms with Crippen molar-refractivity contribution in [1.82, 2.24) is 9.62 Å². The molecule has 1 fully saturated rings. The zero-order chi connectivity index (χ0) is 19.4. The van der Waals surface area contributed by atoms with Crippen LogP contribution in [0.5, 0.6) is 0 Å². The fourth-order valence-corrected chi connectivity index (χ4v) is 5.45. The summed E-state index contributed by atoms with van der Waals surface area (Å²) in [5.74, 6) is 0. The first-order valence-corrected chi connectivity index (χ1v) is 12.0. The smallest absolute Gasteiger partial charge is 0.240 e. The van der Waals surface area contributed by atoms with E-state index in [1.807, 2.05) is 42.5 Å². The predicted octanol–water partition coefficient (Wildman–Crippen LogP) is 4.53. The number of thiophene rings is 1. The lowest BCUT2D eigenvalue weighted by Crippen LogP contribution is -2.36. The molecule has 1 unspecified atom stereocenters. The van der Waals surface area contributed by atoms with Gasteiger partial charge in [-0.25, -0.2) is 13.1 Å². The first kappa shape index (κ1) is 19.3. The molecule has 1 atom stereocenters. The van der Waals surface area contributed by atoms with Gasteiger partial charge in [-0.05, 0) is 71.6 Å². The molecule has 28 heavy (non-hydrogen) atoms. The van der Waals surface area contributed by atoms with Gasteiger partial charge in [-0.15, -0.1) is 0 Å². The summed E-state index contributed by atoms with van der Waals surface area (Å²) in [6.45, 7) is 2.43. The molecule has 1 aliphatic rings. The lowest BCUT2D eigenvalue weighted by atomic mass is 10.1. The van der Waals surface area contributed by atoms with Crippen LogP contribution in [0.3, 0.4) is 0 Å². The van der Waals surface area contributed by atoms with Gasteiger partial charge in [0, 0.05) is 12.6 Å². The van der Waals surface area contributed by atoms with Gasteiger partial charge in [-0.1, -0.05) is 42.5 Å². The maximum absolute atomic E-state index is 12.8. The van der Waals surface area contributed by atoms with Crippen molar-refractivity contribution >= 4 is 21.4 Å². The van der Waals surface area contributed by atoms with Gasteiger partial charge in [0.1, 0.15) is 0 Å². The maximum Gasteiger partial charge on any atom is 0.240 e. The third-order valence-corrected chi connectivity index (χ3v) is 7.39. The number of sulfonamides is 1. The third kappa shape index (κ3) is 4.36. The molecule has 0 spiro atoms. The van der Waals surface area contributed by atoms with Crippen LogP contribution >= 0.6 is 11.3 Å². The van der Waals surface area contributed by atoms with Crippen LogP contribution in [0.15, 0.2) is 76.3 Å². The lowest BCUT2D eigenvalue weighted by molar-refractivity contribution is 0.247. The summed E-state index contributed by atoms with van der Waals surface area (Å²) in [7, 11) is -3.55. The van der Waals surface area contributed by atoms with Crippen LogP contribution in [0.2, 0.25) is 0 Å². The Kier molecular flexibility index (Phi) is 5.92. The van der Waals surface area contributed by atoms with Crippen molar-refractivity contribution in [3.63, 3.8) is 0 Å². The second-order valence-electron chi connectivity index (χ2n) is 7.06. The summed E-state index contributed by atoms with van der Waals surface area (Å²) in [5, 5.41) is 4.17. The Balaban J connectivity index is 1.48. The highest BCUT2D eigenvalue weighted by Crippen LogP contribution is 2.27. The third-order valence-electron chi connectivity index (χ3n) is 5.25. The van der Waals surface area contributed by atoms with E-state index in [4.69, 9.17) is 0 Å². The molecule has 4 rings (SSSR count). The van der Waals surface area contributed by atoms with Crippen LogP contribution in [-0.4, -0.2) is 33.0 Å². The van der Waals surface area contributed by atoms with Gasteiger partial charge in [-0.2, -0.15) is 11.3 Å². The van der Waals surface area contributed by atoms with E-state index in [1.165, 1.54) is 18.4 Å². The molecule has 1 aliphatic heterocycles. The number of likely N-dealkylation sites (tertiary alicyclic amines) is 1. The molecule has 1 saturated heterocycles. The minimum Gasteiger partial charge on any atom is -0.295 e. The highest BCUT2D eigenvalue weighted by atomic mass is 32.2. The Morgan fingerprint density at radius 1 is 0.929 bits per heavy atom. The standard InChI is InChI=1S/C22H24N2O2S2/c25-28(26,21-10-8-19(9-11-21)18-6-2-1-3-7-18)23-16-22(20-12-15-27-17-20)24-13-4-5-14-24/h1-3,6-12,15,17,22-23H,4-5,13-14,16H2. The predicted molar refractivity (Wildman–Crippen MR) is 115 cm³/mol. The molecule has 4 nitrogen and oxygen atoms in total. The normalized spacial score (nSPS) is 16.3. The van der Waals surface area contributed by atoms with Crippen LogP contribution in [0.4, 0.5) is 0 Å². The molecule has 6 heteroatoms. The molecule has 0 radical (unpaired) electrons. The quantitative estimate of drug-likeness (QED) is 0.620. The van der Waals surface area contributed by atoms with Gasteiger partial charge in [0.25, 0.3) is 0 Å². The van der Waals surface area contributed by atoms with Crippen molar-refractivity contribution < 1.29 is 8.42 Å². The molecule has 0 saturated carbocycles. The second kappa shape index (κ2) is 8.57. The molecule has 2 heterocycles. The highest BCUT2D eigenvalue weighted by molar-refractivity contribution is 7.89. The molecule has 1 aromatic heterocycles. The summed E-state index contributed by atoms with van der Waals surface area (Å²) in [4.78, 5) is 2.68. The van der Waals surface area contributed by atoms with E-state index < -0.39 is 10.0 Å². The molecular formula is C22H24N2O2S2. The largest absolute Gasteiger partial charge is 0.295 e. The first-order valence-electron chi connectivity index (χ1n) is 9.55. The number of nitrogens with one attached hydrogen (secondary N) is 1. The van der Waals surface area contributed by atoms with Gasteiger partial charge in [0.15, 0.2) is 0 Å². The Hall–Kier alpha value is -1.99. The van der Waals surface area contributed by atoms with Gasteiger partial charge >= 0.3 is 0 Å². The Labute approximate surface area is 170 Å². The number of hydrogen-bond donors (Lipinski definition) is 1. The van der Waals surface area contributed by atoms with Crippen molar-refractivity contribution in [2.24, 2.45) is 0 Å². The summed E-state index contributed by atoms with van der Waals surface area (Å²) in [5.41, 5.74) is 3.27. The van der Waals surface area contributed by atoms with Crippen LogP contribution in [0.1, 0.15) is 24.4 Å². The maximum atomic E-state index is 12.8. The van der Waals surface area contributed by atoms with Crippen molar-refractivity contribution in [3.8, 4) is 11.1 Å². The average molecular weight is 413 g/mol. The van der Waals surface area contributed by atoms with Gasteiger partial charge in [0.05, 0.1) is 4.90 Å². The number of hydrogen-bond acceptors (Lipinski definition) is 4. The molecule has 146 valence electrons. The molecule has 0 bridgehead atoms. The number of nitrogens with zero attached hydrogens (tertiary/aromatic N) is 1. The molecule has 2 aromatic carbocycles. The molecule has 0 aliphatic carbocycles. The molecular weight excluding hydrogens is 388 g/mol. The minimum absolute atomic E-state index is 0.0899. The topological polar surface area (TPSA) is 49.4 Å². The first-order chi connectivity index (χ1) is 13.6. The number of benzene rings is 2. The monoisotopic (exact) mass is 412 g/mol. The van der Waals surface area contributed by atoms with Crippen molar-refractivity contribution in [1.29, 1.82) is 0 Å². The van der Waals surface area contributed by atoms with Crippen molar-refractivity contribution in [2.45, 2.75) is 23.8 Å². The summed E-state index contributed by atoms with van der Waals surface area (Å²) < 4.78 is 28.5. The molecule has 3 aromatic rings. The van der Waals surface area contributed by atoms with Crippen LogP contribution in [0, 0.1) is 0 Å². The summed E-state index contributed by atoms with van der Waals surface area (Å²) in [6.07, 6.45) is 2.35. The van der Waals surface area contributed by atoms with E-state index in [1.54, 1.807) is 23.5 Å². The summed E-state index contributed by atoms with van der Waals surface area (Å²) in [6, 6.07) is 19.2. The zero-order valence-corrected chi connectivity index (χ0v) is 17.3. The van der Waals surface area contributed by atoms with Crippen molar-refractivity contribution in [2.75, 3.05) is 19.6 Å². The van der Waals surface area contributed by atoms with E-state index in [9.17, 15) is 8.42 Å². The van der Waals surface area contributed by atoms with Crippen LogP contribution in [-0.2, 0) is 10.0 Å². The molecule has 0 amide bonds. The van der Waals surface area contributed by atoms with Crippen LogP contribution < -0.4 is 4.72 Å². The van der Waals surface area contributed by atoms with E-state index >= 15 is 0 Å². The van der Waals surface area contributed by atoms with Gasteiger partial charge in [-0.3, -0.25) is 4.90 Å². The SMILES string of the molecule is O=S(=O)(NCC(c1ccsc1)N1CCCC1)c1ccc(-c2ccccc2)cc1. The Morgan fingerprint density at radius 2 is 1.61 bits per heavy atom. The van der Waals surface area contributed by atoms with E-state index in [-0.39, 0.29) is 6.04 Å². The Morgan fingerprint density at radius 3 is 2.25 bits per heavy atom. The van der Waals surface area contributed by atoms with Crippen molar-refractivity contribution in [3.05, 3.63) is 77.0 Å². The van der Waals surface area contributed by atoms with Gasteiger partial charge < -0.3 is 0 Å². The highest BCUT2D eigenvalue weighted by Gasteiger charge is 2.26. The van der Waals surface area contributed by atoms with Crippen LogP contribution in [0.25, 0.3) is 11.1 Å². The average Bonchev–Trinajstić information content (AvgIpc) is 3.44. The fourth-order valence-electron chi connectivity index (χ4n) is 3.70. The fraction of sp³-hybridized carbons (Fsp3) is 0.273. The van der Waals surface area contributed by atoms with E-state index in [0.717, 1.165) is 24.2 Å². The summed E-state index contributed by atoms with van der Waals surface area (Å²) >= 11 is 1.65. The molecule has 1 N–H and O–H groups in total. The minimum atomic E-state index is -3.55.